The molecule has 3 rings (SSSR count). The molecule has 7 heteroatoms. The first-order valence-electron chi connectivity index (χ1n) is 7.92. The highest BCUT2D eigenvalue weighted by Crippen LogP contribution is 2.11. The molecule has 0 aromatic carbocycles. The number of hydrogen-bond donors (Lipinski definition) is 1. The fraction of sp³-hybridized carbons (Fsp3) is 0.667. The third-order valence-electron chi connectivity index (χ3n) is 3.87. The largest absolute Gasteiger partial charge is 0.373 e. The summed E-state index contributed by atoms with van der Waals surface area (Å²) >= 11 is 0. The number of hydrogen-bond acceptors (Lipinski definition) is 6. The maximum Gasteiger partial charge on any atom is 0.178 e. The molecule has 7 nitrogen and oxygen atoms in total. The van der Waals surface area contributed by atoms with Gasteiger partial charge in [-0.2, -0.15) is 4.52 Å². The van der Waals surface area contributed by atoms with Gasteiger partial charge in [-0.25, -0.2) is 0 Å². The van der Waals surface area contributed by atoms with Gasteiger partial charge in [-0.3, -0.25) is 4.90 Å². The molecule has 1 saturated heterocycles. The number of nitrogens with zero attached hydrogens (tertiary/aromatic N) is 5. The first-order chi connectivity index (χ1) is 10.6. The van der Waals surface area contributed by atoms with Crippen molar-refractivity contribution in [1.29, 1.82) is 0 Å². The van der Waals surface area contributed by atoms with Crippen molar-refractivity contribution in [3.63, 3.8) is 0 Å². The van der Waals surface area contributed by atoms with Crippen molar-refractivity contribution in [2.45, 2.75) is 39.4 Å². The second-order valence-electron chi connectivity index (χ2n) is 6.03. The van der Waals surface area contributed by atoms with Crippen molar-refractivity contribution < 1.29 is 4.74 Å². The molecule has 1 fully saturated rings. The van der Waals surface area contributed by atoms with Crippen LogP contribution in [-0.2, 0) is 4.74 Å². The van der Waals surface area contributed by atoms with Crippen LogP contribution >= 0.6 is 0 Å². The molecule has 2 unspecified atom stereocenters. The summed E-state index contributed by atoms with van der Waals surface area (Å²) < 4.78 is 7.51. The van der Waals surface area contributed by atoms with Crippen LogP contribution < -0.4 is 5.32 Å². The molecule has 0 bridgehead atoms. The number of aromatic nitrogens is 4. The summed E-state index contributed by atoms with van der Waals surface area (Å²) in [5.74, 6) is 1.66. The van der Waals surface area contributed by atoms with Crippen LogP contribution in [0, 0.1) is 6.92 Å². The Morgan fingerprint density at radius 3 is 2.77 bits per heavy atom. The molecule has 120 valence electrons. The summed E-state index contributed by atoms with van der Waals surface area (Å²) in [6.45, 7) is 10.2. The molecule has 1 aliphatic heterocycles. The van der Waals surface area contributed by atoms with E-state index in [1.54, 1.807) is 4.52 Å². The lowest BCUT2D eigenvalue weighted by molar-refractivity contribution is -0.0678. The number of fused-ring (bicyclic) bond motifs is 1. The lowest BCUT2D eigenvalue weighted by Gasteiger charge is -2.35. The lowest BCUT2D eigenvalue weighted by atomic mass is 10.2. The predicted molar refractivity (Wildman–Crippen MR) is 85.1 cm³/mol. The van der Waals surface area contributed by atoms with E-state index in [4.69, 9.17) is 4.74 Å². The van der Waals surface area contributed by atoms with E-state index in [0.717, 1.165) is 49.9 Å². The molecule has 0 spiro atoms. The van der Waals surface area contributed by atoms with Gasteiger partial charge in [-0.1, -0.05) is 0 Å². The van der Waals surface area contributed by atoms with Crippen LogP contribution in [0.25, 0.3) is 5.65 Å². The Morgan fingerprint density at radius 1 is 1.23 bits per heavy atom. The molecular formula is C15H24N6O. The molecule has 2 atom stereocenters. The summed E-state index contributed by atoms with van der Waals surface area (Å²) in [4.78, 5) is 2.47. The van der Waals surface area contributed by atoms with Gasteiger partial charge >= 0.3 is 0 Å². The van der Waals surface area contributed by atoms with Crippen LogP contribution in [0.5, 0.6) is 0 Å². The Hall–Kier alpha value is -1.73. The zero-order valence-electron chi connectivity index (χ0n) is 13.5. The van der Waals surface area contributed by atoms with E-state index < -0.39 is 0 Å². The Bertz CT molecular complexity index is 618. The number of morpholine rings is 1. The van der Waals surface area contributed by atoms with Gasteiger partial charge in [-0.05, 0) is 39.3 Å². The highest BCUT2D eigenvalue weighted by Gasteiger charge is 2.21. The van der Waals surface area contributed by atoms with E-state index in [9.17, 15) is 0 Å². The lowest BCUT2D eigenvalue weighted by Crippen LogP contribution is -2.45. The van der Waals surface area contributed by atoms with Crippen LogP contribution in [0.3, 0.4) is 0 Å². The van der Waals surface area contributed by atoms with Gasteiger partial charge in [0, 0.05) is 26.2 Å². The van der Waals surface area contributed by atoms with E-state index >= 15 is 0 Å². The fourth-order valence-electron chi connectivity index (χ4n) is 2.98. The van der Waals surface area contributed by atoms with E-state index in [-0.39, 0.29) is 0 Å². The number of ether oxygens (including phenoxy) is 1. The third kappa shape index (κ3) is 3.53. The minimum absolute atomic E-state index is 0.331. The molecule has 0 amide bonds. The zero-order chi connectivity index (χ0) is 15.5. The average Bonchev–Trinajstić information content (AvgIpc) is 2.84. The van der Waals surface area contributed by atoms with Crippen molar-refractivity contribution in [2.75, 3.05) is 31.5 Å². The molecule has 22 heavy (non-hydrogen) atoms. The number of rotatable bonds is 5. The normalized spacial score (nSPS) is 23.0. The van der Waals surface area contributed by atoms with Crippen LogP contribution in [0.1, 0.15) is 26.1 Å². The molecule has 3 heterocycles. The minimum Gasteiger partial charge on any atom is -0.373 e. The molecule has 0 radical (unpaired) electrons. The Kier molecular flexibility index (Phi) is 4.54. The van der Waals surface area contributed by atoms with Crippen LogP contribution in [0.2, 0.25) is 0 Å². The van der Waals surface area contributed by atoms with Crippen molar-refractivity contribution >= 4 is 11.5 Å². The highest BCUT2D eigenvalue weighted by molar-refractivity contribution is 5.43. The fourth-order valence-corrected chi connectivity index (χ4v) is 2.98. The Labute approximate surface area is 130 Å². The minimum atomic E-state index is 0.331. The Balaban J connectivity index is 1.47. The second-order valence-corrected chi connectivity index (χ2v) is 6.03. The average molecular weight is 304 g/mol. The number of aryl methyl sites for hydroxylation is 1. The molecular weight excluding hydrogens is 280 g/mol. The van der Waals surface area contributed by atoms with Crippen molar-refractivity contribution in [2.24, 2.45) is 0 Å². The molecule has 0 saturated carbocycles. The van der Waals surface area contributed by atoms with Gasteiger partial charge in [-0.15, -0.1) is 15.3 Å². The standard InChI is InChI=1S/C15H24N6O/c1-11-9-20(10-12(2)22-11)8-4-7-16-14-5-6-15-18-17-13(3)21(15)19-14/h5-6,11-12H,4,7-10H2,1-3H3,(H,16,19). The molecule has 2 aromatic rings. The van der Waals surface area contributed by atoms with Crippen LogP contribution in [0.4, 0.5) is 5.82 Å². The summed E-state index contributed by atoms with van der Waals surface area (Å²) in [7, 11) is 0. The summed E-state index contributed by atoms with van der Waals surface area (Å²) in [5.41, 5.74) is 0.777. The van der Waals surface area contributed by atoms with E-state index in [1.165, 1.54) is 0 Å². The Morgan fingerprint density at radius 2 is 2.00 bits per heavy atom. The van der Waals surface area contributed by atoms with Crippen molar-refractivity contribution in [3.8, 4) is 0 Å². The maximum atomic E-state index is 5.75. The zero-order valence-corrected chi connectivity index (χ0v) is 13.5. The van der Waals surface area contributed by atoms with Gasteiger partial charge in [0.15, 0.2) is 11.5 Å². The van der Waals surface area contributed by atoms with Gasteiger partial charge < -0.3 is 10.1 Å². The topological polar surface area (TPSA) is 67.6 Å². The van der Waals surface area contributed by atoms with Gasteiger partial charge in [0.1, 0.15) is 5.82 Å². The summed E-state index contributed by atoms with van der Waals surface area (Å²) in [6.07, 6.45) is 1.75. The van der Waals surface area contributed by atoms with Gasteiger partial charge in [0.05, 0.1) is 12.2 Å². The summed E-state index contributed by atoms with van der Waals surface area (Å²) in [6, 6.07) is 3.88. The molecule has 1 N–H and O–H groups in total. The smallest absolute Gasteiger partial charge is 0.178 e. The van der Waals surface area contributed by atoms with Crippen molar-refractivity contribution in [3.05, 3.63) is 18.0 Å². The predicted octanol–water partition coefficient (Wildman–Crippen LogP) is 1.34. The SMILES string of the molecule is Cc1nnc2ccc(NCCCN3CC(C)OC(C)C3)nn12. The van der Waals surface area contributed by atoms with E-state index in [0.29, 0.717) is 12.2 Å². The summed E-state index contributed by atoms with van der Waals surface area (Å²) in [5, 5.41) is 15.9. The maximum absolute atomic E-state index is 5.75. The second kappa shape index (κ2) is 6.58. The van der Waals surface area contributed by atoms with E-state index in [2.05, 4.69) is 39.4 Å². The van der Waals surface area contributed by atoms with Gasteiger partial charge in [0.25, 0.3) is 0 Å². The van der Waals surface area contributed by atoms with Crippen molar-refractivity contribution in [1.82, 2.24) is 24.7 Å². The first-order valence-corrected chi connectivity index (χ1v) is 7.92. The highest BCUT2D eigenvalue weighted by atomic mass is 16.5. The molecule has 0 aliphatic carbocycles. The quantitative estimate of drug-likeness (QED) is 0.841. The first kappa shape index (κ1) is 15.2. The van der Waals surface area contributed by atoms with Crippen LogP contribution in [0.15, 0.2) is 12.1 Å². The number of anilines is 1. The third-order valence-corrected chi connectivity index (χ3v) is 3.87. The van der Waals surface area contributed by atoms with Crippen LogP contribution in [-0.4, -0.2) is 63.1 Å². The molecule has 2 aromatic heterocycles. The monoisotopic (exact) mass is 304 g/mol. The number of nitrogens with one attached hydrogen (secondary N) is 1. The van der Waals surface area contributed by atoms with Gasteiger partial charge in [0.2, 0.25) is 0 Å². The van der Waals surface area contributed by atoms with E-state index in [1.807, 2.05) is 19.1 Å². The molecule has 1 aliphatic rings.